The van der Waals surface area contributed by atoms with Crippen molar-refractivity contribution in [3.05, 3.63) is 106 Å². The van der Waals surface area contributed by atoms with E-state index in [1.165, 1.54) is 16.0 Å². The van der Waals surface area contributed by atoms with Crippen molar-refractivity contribution in [3.8, 4) is 0 Å². The fraction of sp³-hybridized carbons (Fsp3) is 0.231. The Labute approximate surface area is 179 Å². The van der Waals surface area contributed by atoms with Gasteiger partial charge in [0.05, 0.1) is 17.7 Å². The highest BCUT2D eigenvalue weighted by molar-refractivity contribution is 6.75. The van der Waals surface area contributed by atoms with Crippen molar-refractivity contribution in [1.82, 2.24) is 4.90 Å². The predicted molar refractivity (Wildman–Crippen MR) is 123 cm³/mol. The molecule has 3 aromatic rings. The summed E-state index contributed by atoms with van der Waals surface area (Å²) in [5, 5.41) is 0. The third kappa shape index (κ3) is 4.14. The number of rotatable bonds is 6. The summed E-state index contributed by atoms with van der Waals surface area (Å²) in [6.45, 7) is 7.47. The van der Waals surface area contributed by atoms with Gasteiger partial charge in [0, 0.05) is 8.07 Å². The number of amides is 2. The zero-order chi connectivity index (χ0) is 21.3. The van der Waals surface area contributed by atoms with Crippen LogP contribution in [0.1, 0.15) is 43.0 Å². The van der Waals surface area contributed by atoms with Gasteiger partial charge in [-0.3, -0.25) is 14.5 Å². The summed E-state index contributed by atoms with van der Waals surface area (Å²) >= 11 is 0. The lowest BCUT2D eigenvalue weighted by Crippen LogP contribution is -2.29. The molecule has 4 heteroatoms. The fourth-order valence-electron chi connectivity index (χ4n) is 4.12. The molecule has 0 saturated heterocycles. The Morgan fingerprint density at radius 3 is 1.60 bits per heavy atom. The van der Waals surface area contributed by atoms with Gasteiger partial charge in [-0.05, 0) is 46.9 Å². The van der Waals surface area contributed by atoms with E-state index in [9.17, 15) is 9.59 Å². The Kier molecular flexibility index (Phi) is 5.44. The highest BCUT2D eigenvalue weighted by Gasteiger charge is 2.35. The van der Waals surface area contributed by atoms with Gasteiger partial charge in [-0.15, -0.1) is 0 Å². The number of fused-ring (bicyclic) bond motifs is 1. The molecule has 2 amide bonds. The van der Waals surface area contributed by atoms with E-state index < -0.39 is 8.07 Å². The van der Waals surface area contributed by atoms with Gasteiger partial charge in [0.1, 0.15) is 0 Å². The average Bonchev–Trinajstić information content (AvgIpc) is 2.95. The van der Waals surface area contributed by atoms with Crippen molar-refractivity contribution in [3.63, 3.8) is 0 Å². The first-order chi connectivity index (χ1) is 14.3. The molecule has 0 unspecified atom stereocenters. The molecule has 0 aromatic heterocycles. The lowest BCUT2D eigenvalue weighted by Gasteiger charge is -2.20. The molecule has 30 heavy (non-hydrogen) atoms. The minimum absolute atomic E-state index is 0.204. The number of carbonyl (C=O) groups excluding carboxylic acids is 2. The van der Waals surface area contributed by atoms with Crippen molar-refractivity contribution in [2.75, 3.05) is 0 Å². The van der Waals surface area contributed by atoms with E-state index in [4.69, 9.17) is 0 Å². The van der Waals surface area contributed by atoms with E-state index in [-0.39, 0.29) is 11.8 Å². The molecule has 3 nitrogen and oxygen atoms in total. The smallest absolute Gasteiger partial charge is 0.261 e. The molecule has 1 aliphatic rings. The Hall–Kier alpha value is -2.98. The largest absolute Gasteiger partial charge is 0.270 e. The summed E-state index contributed by atoms with van der Waals surface area (Å²) < 4.78 is 0. The molecule has 152 valence electrons. The van der Waals surface area contributed by atoms with Gasteiger partial charge >= 0.3 is 0 Å². The Morgan fingerprint density at radius 2 is 1.07 bits per heavy atom. The van der Waals surface area contributed by atoms with E-state index in [2.05, 4.69) is 50.0 Å². The van der Waals surface area contributed by atoms with Crippen LogP contribution in [0.4, 0.5) is 0 Å². The Morgan fingerprint density at radius 1 is 0.633 bits per heavy atom. The van der Waals surface area contributed by atoms with Gasteiger partial charge in [-0.25, -0.2) is 0 Å². The molecule has 3 aromatic carbocycles. The summed E-state index contributed by atoms with van der Waals surface area (Å²) in [5.74, 6) is -0.408. The van der Waals surface area contributed by atoms with E-state index in [0.717, 1.165) is 23.6 Å². The van der Waals surface area contributed by atoms with Crippen molar-refractivity contribution in [2.24, 2.45) is 0 Å². The van der Waals surface area contributed by atoms with Crippen LogP contribution >= 0.6 is 0 Å². The van der Waals surface area contributed by atoms with Crippen molar-refractivity contribution >= 4 is 19.9 Å². The second-order valence-corrected chi connectivity index (χ2v) is 14.7. The first-order valence-corrected chi connectivity index (χ1v) is 14.1. The molecule has 0 fully saturated rings. The van der Waals surface area contributed by atoms with Crippen LogP contribution in [0.5, 0.6) is 0 Å². The van der Waals surface area contributed by atoms with E-state index in [1.807, 2.05) is 18.2 Å². The summed E-state index contributed by atoms with van der Waals surface area (Å²) in [5.41, 5.74) is 5.93. The molecule has 1 heterocycles. The molecule has 0 bridgehead atoms. The third-order valence-electron chi connectivity index (χ3n) is 5.55. The standard InChI is InChI=1S/C26H27NO2Si/c1-30(2,3)18-22-13-7-5-11-20(22)16-19-10-4-6-12-21(19)17-27-25(28)23-14-8-9-15-24(23)26(27)29/h4-15H,16-18H2,1-3H3. The first-order valence-electron chi connectivity index (χ1n) is 10.4. The minimum atomic E-state index is -1.24. The maximum atomic E-state index is 12.8. The summed E-state index contributed by atoms with van der Waals surface area (Å²) in [4.78, 5) is 27.0. The fourth-order valence-corrected chi connectivity index (χ4v) is 5.60. The number of benzene rings is 3. The molecule has 4 rings (SSSR count). The van der Waals surface area contributed by atoms with Gasteiger partial charge in [0.2, 0.25) is 0 Å². The van der Waals surface area contributed by atoms with Crippen LogP contribution in [0.2, 0.25) is 19.6 Å². The number of carbonyl (C=O) groups is 2. The van der Waals surface area contributed by atoms with Gasteiger partial charge in [-0.1, -0.05) is 80.3 Å². The quantitative estimate of drug-likeness (QED) is 0.396. The number of nitrogens with zero attached hydrogens (tertiary/aromatic N) is 1. The summed E-state index contributed by atoms with van der Waals surface area (Å²) in [6, 6.07) is 25.0. The molecule has 0 spiro atoms. The van der Waals surface area contributed by atoms with E-state index >= 15 is 0 Å². The predicted octanol–water partition coefficient (Wildman–Crippen LogP) is 5.49. The molecule has 0 saturated carbocycles. The first kappa shape index (κ1) is 20.3. The zero-order valence-corrected chi connectivity index (χ0v) is 18.8. The zero-order valence-electron chi connectivity index (χ0n) is 17.8. The summed E-state index contributed by atoms with van der Waals surface area (Å²) in [7, 11) is -1.24. The van der Waals surface area contributed by atoms with Crippen LogP contribution in [0.25, 0.3) is 0 Å². The topological polar surface area (TPSA) is 37.4 Å². The van der Waals surface area contributed by atoms with Crippen LogP contribution < -0.4 is 0 Å². The molecule has 1 aliphatic heterocycles. The maximum absolute atomic E-state index is 12.8. The van der Waals surface area contributed by atoms with Crippen LogP contribution in [0.3, 0.4) is 0 Å². The Bertz CT molecular complexity index is 1080. The van der Waals surface area contributed by atoms with Crippen LogP contribution in [0.15, 0.2) is 72.8 Å². The lowest BCUT2D eigenvalue weighted by molar-refractivity contribution is 0.0642. The molecule has 0 N–H and O–H groups in total. The average molecular weight is 414 g/mol. The SMILES string of the molecule is C[Si](C)(C)Cc1ccccc1Cc1ccccc1CN1C(=O)c2ccccc2C1=O. The monoisotopic (exact) mass is 413 g/mol. The maximum Gasteiger partial charge on any atom is 0.261 e. The molecular formula is C26H27NO2Si. The highest BCUT2D eigenvalue weighted by atomic mass is 28.3. The molecule has 0 radical (unpaired) electrons. The van der Waals surface area contributed by atoms with Gasteiger partial charge in [0.25, 0.3) is 11.8 Å². The third-order valence-corrected chi connectivity index (χ3v) is 6.99. The summed E-state index contributed by atoms with van der Waals surface area (Å²) in [6.07, 6.45) is 0.806. The van der Waals surface area contributed by atoms with Crippen LogP contribution in [-0.2, 0) is 19.0 Å². The second kappa shape index (κ2) is 8.03. The molecule has 0 atom stereocenters. The van der Waals surface area contributed by atoms with E-state index in [0.29, 0.717) is 17.7 Å². The van der Waals surface area contributed by atoms with Crippen LogP contribution in [-0.4, -0.2) is 24.8 Å². The Balaban J connectivity index is 1.61. The normalized spacial score (nSPS) is 13.6. The molecular weight excluding hydrogens is 386 g/mol. The number of hydrogen-bond donors (Lipinski definition) is 0. The van der Waals surface area contributed by atoms with Gasteiger partial charge in [0.15, 0.2) is 0 Å². The molecule has 0 aliphatic carbocycles. The van der Waals surface area contributed by atoms with Crippen molar-refractivity contribution in [1.29, 1.82) is 0 Å². The van der Waals surface area contributed by atoms with Crippen molar-refractivity contribution < 1.29 is 9.59 Å². The van der Waals surface area contributed by atoms with Crippen LogP contribution in [0, 0.1) is 0 Å². The number of imide groups is 1. The van der Waals surface area contributed by atoms with Gasteiger partial charge in [-0.2, -0.15) is 0 Å². The van der Waals surface area contributed by atoms with E-state index in [1.54, 1.807) is 24.3 Å². The second-order valence-electron chi connectivity index (χ2n) is 9.19. The highest BCUT2D eigenvalue weighted by Crippen LogP contribution is 2.26. The number of hydrogen-bond acceptors (Lipinski definition) is 2. The lowest BCUT2D eigenvalue weighted by atomic mass is 9.96. The van der Waals surface area contributed by atoms with Gasteiger partial charge < -0.3 is 0 Å². The van der Waals surface area contributed by atoms with Crippen molar-refractivity contribution in [2.45, 2.75) is 38.7 Å². The minimum Gasteiger partial charge on any atom is -0.270 e.